The minimum atomic E-state index is -1.35. The van der Waals surface area contributed by atoms with Crippen molar-refractivity contribution in [2.24, 2.45) is 0 Å². The molecule has 2 unspecified atom stereocenters. The molecule has 0 amide bonds. The summed E-state index contributed by atoms with van der Waals surface area (Å²) < 4.78 is 16.7. The molecule has 0 saturated carbocycles. The van der Waals surface area contributed by atoms with Gasteiger partial charge in [-0.25, -0.2) is 0 Å². The number of hydrogen-bond donors (Lipinski definition) is 1. The number of carboxylic acids is 1. The molecule has 0 aliphatic carbocycles. The van der Waals surface area contributed by atoms with Crippen LogP contribution in [0.15, 0.2) is 0 Å². The van der Waals surface area contributed by atoms with E-state index in [4.69, 9.17) is 9.84 Å². The van der Waals surface area contributed by atoms with Crippen LogP contribution in [0.2, 0.25) is 0 Å². The molecule has 1 N–H and O–H groups in total. The molecule has 0 radical (unpaired) electrons. The van der Waals surface area contributed by atoms with Crippen LogP contribution in [0.3, 0.4) is 0 Å². The van der Waals surface area contributed by atoms with Gasteiger partial charge in [0.2, 0.25) is 0 Å². The fourth-order valence-electron chi connectivity index (χ4n) is 1.26. The summed E-state index contributed by atoms with van der Waals surface area (Å²) in [5.74, 6) is -1.13. The van der Waals surface area contributed by atoms with Crippen molar-refractivity contribution >= 4 is 22.7 Å². The Morgan fingerprint density at radius 2 is 2.00 bits per heavy atom. The van der Waals surface area contributed by atoms with Crippen LogP contribution >= 0.6 is 0 Å². The monoisotopic (exact) mass is 264 g/mol. The number of ether oxygens (including phenoxy) is 1. The Labute approximate surface area is 104 Å². The van der Waals surface area contributed by atoms with Crippen LogP contribution in [-0.4, -0.2) is 38.9 Å². The third-order valence-electron chi connectivity index (χ3n) is 2.14. The van der Waals surface area contributed by atoms with Gasteiger partial charge in [0.15, 0.2) is 0 Å². The molecule has 0 aromatic carbocycles. The predicted octanol–water partition coefficient (Wildman–Crippen LogP) is 1.33. The third kappa shape index (κ3) is 7.10. The topological polar surface area (TPSA) is 80.7 Å². The number of esters is 1. The lowest BCUT2D eigenvalue weighted by molar-refractivity contribution is -0.143. The molecule has 0 rings (SSSR count). The number of aliphatic carboxylic acids is 1. The molecule has 100 valence electrons. The molecule has 2 atom stereocenters. The average molecular weight is 264 g/mol. The average Bonchev–Trinajstić information content (AvgIpc) is 2.26. The largest absolute Gasteiger partial charge is 0.481 e. The van der Waals surface area contributed by atoms with E-state index in [1.165, 1.54) is 0 Å². The first-order chi connectivity index (χ1) is 8.02. The zero-order chi connectivity index (χ0) is 13.3. The zero-order valence-corrected chi connectivity index (χ0v) is 11.1. The first-order valence-corrected chi connectivity index (χ1v) is 7.16. The number of hydrogen-bond acceptors (Lipinski definition) is 4. The minimum Gasteiger partial charge on any atom is -0.481 e. The van der Waals surface area contributed by atoms with Gasteiger partial charge in [-0.1, -0.05) is 13.8 Å². The molecule has 0 bridgehead atoms. The second kappa shape index (κ2) is 9.15. The van der Waals surface area contributed by atoms with Crippen molar-refractivity contribution in [2.45, 2.75) is 44.8 Å². The summed E-state index contributed by atoms with van der Waals surface area (Å²) in [4.78, 5) is 21.8. The van der Waals surface area contributed by atoms with E-state index < -0.39 is 28.0 Å². The molecule has 6 heteroatoms. The van der Waals surface area contributed by atoms with Crippen LogP contribution in [0.25, 0.3) is 0 Å². The van der Waals surface area contributed by atoms with Crippen molar-refractivity contribution in [3.8, 4) is 0 Å². The van der Waals surface area contributed by atoms with Gasteiger partial charge in [0.1, 0.15) is 5.25 Å². The first kappa shape index (κ1) is 16.1. The van der Waals surface area contributed by atoms with Crippen molar-refractivity contribution in [3.63, 3.8) is 0 Å². The molecule has 5 nitrogen and oxygen atoms in total. The lowest BCUT2D eigenvalue weighted by atomic mass is 10.3. The molecular formula is C11H20O5S. The van der Waals surface area contributed by atoms with E-state index in [9.17, 15) is 13.8 Å². The highest BCUT2D eigenvalue weighted by atomic mass is 32.2. The van der Waals surface area contributed by atoms with Gasteiger partial charge in [0.05, 0.1) is 6.61 Å². The molecular weight excluding hydrogens is 244 g/mol. The molecule has 0 heterocycles. The van der Waals surface area contributed by atoms with Crippen LogP contribution in [0, 0.1) is 0 Å². The summed E-state index contributed by atoms with van der Waals surface area (Å²) in [6.45, 7) is 3.99. The highest BCUT2D eigenvalue weighted by Gasteiger charge is 2.24. The number of carboxylic acid groups (broad SMARTS) is 1. The summed E-state index contributed by atoms with van der Waals surface area (Å²) in [7, 11) is -1.35. The maximum Gasteiger partial charge on any atom is 0.321 e. The standard InChI is InChI=1S/C11H20O5S/c1-3-7-16-11(14)9(4-2)17(15)8-5-6-10(12)13/h9H,3-8H2,1-2H3,(H,12,13). The normalized spacial score (nSPS) is 14.0. The van der Waals surface area contributed by atoms with E-state index in [2.05, 4.69) is 0 Å². The molecule has 17 heavy (non-hydrogen) atoms. The van der Waals surface area contributed by atoms with Gasteiger partial charge in [-0.2, -0.15) is 0 Å². The van der Waals surface area contributed by atoms with Gasteiger partial charge in [-0.05, 0) is 19.3 Å². The number of rotatable bonds is 9. The quantitative estimate of drug-likeness (QED) is 0.635. The highest BCUT2D eigenvalue weighted by Crippen LogP contribution is 2.07. The highest BCUT2D eigenvalue weighted by molar-refractivity contribution is 7.86. The van der Waals surface area contributed by atoms with Gasteiger partial charge in [-0.3, -0.25) is 13.8 Å². The maximum atomic E-state index is 11.8. The Bertz CT molecular complexity index is 277. The Kier molecular flexibility index (Phi) is 8.66. The van der Waals surface area contributed by atoms with Crippen molar-refractivity contribution in [2.75, 3.05) is 12.4 Å². The maximum absolute atomic E-state index is 11.8. The smallest absolute Gasteiger partial charge is 0.321 e. The minimum absolute atomic E-state index is 0.0216. The summed E-state index contributed by atoms with van der Waals surface area (Å²) in [5.41, 5.74) is 0. The van der Waals surface area contributed by atoms with Gasteiger partial charge in [-0.15, -0.1) is 0 Å². The molecule has 0 saturated heterocycles. The summed E-state index contributed by atoms with van der Waals surface area (Å²) >= 11 is 0. The molecule has 0 fully saturated rings. The van der Waals surface area contributed by atoms with Gasteiger partial charge in [0.25, 0.3) is 0 Å². The molecule has 0 spiro atoms. The Balaban J connectivity index is 4.11. The van der Waals surface area contributed by atoms with E-state index in [0.29, 0.717) is 19.4 Å². The predicted molar refractivity (Wildman–Crippen MR) is 65.2 cm³/mol. The van der Waals surface area contributed by atoms with Crippen molar-refractivity contribution in [1.82, 2.24) is 0 Å². The Morgan fingerprint density at radius 1 is 1.35 bits per heavy atom. The second-order valence-electron chi connectivity index (χ2n) is 3.65. The van der Waals surface area contributed by atoms with Crippen LogP contribution in [0.1, 0.15) is 39.5 Å². The van der Waals surface area contributed by atoms with Crippen LogP contribution in [-0.2, 0) is 25.1 Å². The Morgan fingerprint density at radius 3 is 2.47 bits per heavy atom. The first-order valence-electron chi connectivity index (χ1n) is 5.78. The summed E-state index contributed by atoms with van der Waals surface area (Å²) in [6.07, 6.45) is 1.47. The molecule has 0 aromatic heterocycles. The summed E-state index contributed by atoms with van der Waals surface area (Å²) in [5, 5.41) is 7.83. The third-order valence-corrected chi connectivity index (χ3v) is 3.99. The van der Waals surface area contributed by atoms with E-state index in [-0.39, 0.29) is 12.2 Å². The zero-order valence-electron chi connectivity index (χ0n) is 10.3. The molecule has 0 aliphatic rings. The lowest BCUT2D eigenvalue weighted by Crippen LogP contribution is -2.29. The molecule has 0 aliphatic heterocycles. The Hall–Kier alpha value is -0.910. The number of carbonyl (C=O) groups excluding carboxylic acids is 1. The van der Waals surface area contributed by atoms with E-state index in [1.807, 2.05) is 6.92 Å². The lowest BCUT2D eigenvalue weighted by Gasteiger charge is -2.13. The van der Waals surface area contributed by atoms with Gasteiger partial charge < -0.3 is 9.84 Å². The van der Waals surface area contributed by atoms with Gasteiger partial charge in [0, 0.05) is 23.0 Å². The fraction of sp³-hybridized carbons (Fsp3) is 0.818. The van der Waals surface area contributed by atoms with Crippen molar-refractivity contribution in [1.29, 1.82) is 0 Å². The van der Waals surface area contributed by atoms with Crippen LogP contribution in [0.5, 0.6) is 0 Å². The summed E-state index contributed by atoms with van der Waals surface area (Å²) in [6, 6.07) is 0. The van der Waals surface area contributed by atoms with Crippen molar-refractivity contribution < 1.29 is 23.6 Å². The van der Waals surface area contributed by atoms with Crippen LogP contribution in [0.4, 0.5) is 0 Å². The second-order valence-corrected chi connectivity index (χ2v) is 5.39. The van der Waals surface area contributed by atoms with Crippen molar-refractivity contribution in [3.05, 3.63) is 0 Å². The SMILES string of the molecule is CCCOC(=O)C(CC)S(=O)CCCC(=O)O. The van der Waals surface area contributed by atoms with Gasteiger partial charge >= 0.3 is 11.9 Å². The van der Waals surface area contributed by atoms with Crippen LogP contribution < -0.4 is 0 Å². The van der Waals surface area contributed by atoms with E-state index >= 15 is 0 Å². The number of carbonyl (C=O) groups is 2. The fourth-order valence-corrected chi connectivity index (χ4v) is 2.63. The molecule has 0 aromatic rings. The van der Waals surface area contributed by atoms with E-state index in [0.717, 1.165) is 6.42 Å². The van der Waals surface area contributed by atoms with E-state index in [1.54, 1.807) is 6.92 Å².